The minimum Gasteiger partial charge on any atom is -0.325 e. The van der Waals surface area contributed by atoms with Gasteiger partial charge in [0.25, 0.3) is 0 Å². The molecular weight excluding hydrogens is 180 g/mol. The SMILES string of the molecule is Cc1nc(CN)c(C2CCCC2)s1. The third-order valence-corrected chi connectivity index (χ3v) is 3.93. The number of nitrogens with two attached hydrogens (primary N) is 1. The maximum absolute atomic E-state index is 5.68. The Morgan fingerprint density at radius 1 is 1.46 bits per heavy atom. The van der Waals surface area contributed by atoms with Crippen molar-refractivity contribution in [1.29, 1.82) is 0 Å². The van der Waals surface area contributed by atoms with E-state index < -0.39 is 0 Å². The zero-order chi connectivity index (χ0) is 9.26. The summed E-state index contributed by atoms with van der Waals surface area (Å²) < 4.78 is 0. The van der Waals surface area contributed by atoms with Crippen LogP contribution in [0.3, 0.4) is 0 Å². The normalized spacial score (nSPS) is 18.3. The van der Waals surface area contributed by atoms with Gasteiger partial charge in [-0.3, -0.25) is 0 Å². The Morgan fingerprint density at radius 3 is 2.77 bits per heavy atom. The van der Waals surface area contributed by atoms with Gasteiger partial charge in [0.15, 0.2) is 0 Å². The van der Waals surface area contributed by atoms with Gasteiger partial charge in [-0.2, -0.15) is 0 Å². The van der Waals surface area contributed by atoms with Crippen LogP contribution in [0.25, 0.3) is 0 Å². The second-order valence-electron chi connectivity index (χ2n) is 3.73. The molecule has 0 amide bonds. The van der Waals surface area contributed by atoms with Gasteiger partial charge in [-0.25, -0.2) is 4.98 Å². The molecule has 1 aromatic heterocycles. The molecule has 0 saturated heterocycles. The molecule has 0 spiro atoms. The molecule has 1 heterocycles. The van der Waals surface area contributed by atoms with Crippen LogP contribution in [-0.4, -0.2) is 4.98 Å². The highest BCUT2D eigenvalue weighted by Gasteiger charge is 2.22. The van der Waals surface area contributed by atoms with Crippen LogP contribution in [0.1, 0.15) is 47.2 Å². The third kappa shape index (κ3) is 1.76. The van der Waals surface area contributed by atoms with Gasteiger partial charge < -0.3 is 5.73 Å². The number of rotatable bonds is 2. The van der Waals surface area contributed by atoms with Gasteiger partial charge in [0.2, 0.25) is 0 Å². The molecule has 1 aliphatic carbocycles. The van der Waals surface area contributed by atoms with Crippen molar-refractivity contribution in [2.45, 2.75) is 45.1 Å². The largest absolute Gasteiger partial charge is 0.325 e. The Balaban J connectivity index is 2.26. The summed E-state index contributed by atoms with van der Waals surface area (Å²) in [5.74, 6) is 0.768. The first-order chi connectivity index (χ1) is 6.31. The predicted octanol–water partition coefficient (Wildman–Crippen LogP) is 2.57. The zero-order valence-corrected chi connectivity index (χ0v) is 8.86. The van der Waals surface area contributed by atoms with E-state index in [2.05, 4.69) is 11.9 Å². The molecule has 2 N–H and O–H groups in total. The van der Waals surface area contributed by atoms with E-state index in [4.69, 9.17) is 5.73 Å². The van der Waals surface area contributed by atoms with E-state index in [0.29, 0.717) is 6.54 Å². The first kappa shape index (κ1) is 9.16. The highest BCUT2D eigenvalue weighted by atomic mass is 32.1. The van der Waals surface area contributed by atoms with E-state index in [9.17, 15) is 0 Å². The summed E-state index contributed by atoms with van der Waals surface area (Å²) in [6.45, 7) is 2.68. The summed E-state index contributed by atoms with van der Waals surface area (Å²) in [4.78, 5) is 5.94. The van der Waals surface area contributed by atoms with E-state index in [-0.39, 0.29) is 0 Å². The van der Waals surface area contributed by atoms with E-state index in [1.54, 1.807) is 0 Å². The summed E-state index contributed by atoms with van der Waals surface area (Å²) in [5, 5.41) is 1.17. The topological polar surface area (TPSA) is 38.9 Å². The van der Waals surface area contributed by atoms with Gasteiger partial charge in [0.1, 0.15) is 0 Å². The monoisotopic (exact) mass is 196 g/mol. The fourth-order valence-corrected chi connectivity index (χ4v) is 3.26. The molecule has 0 aromatic carbocycles. The minimum atomic E-state index is 0.607. The van der Waals surface area contributed by atoms with Crippen molar-refractivity contribution in [3.63, 3.8) is 0 Å². The minimum absolute atomic E-state index is 0.607. The molecule has 72 valence electrons. The van der Waals surface area contributed by atoms with E-state index >= 15 is 0 Å². The van der Waals surface area contributed by atoms with E-state index in [1.165, 1.54) is 35.6 Å². The van der Waals surface area contributed by atoms with Crippen LogP contribution < -0.4 is 5.73 Å². The fourth-order valence-electron chi connectivity index (χ4n) is 2.14. The molecule has 2 rings (SSSR count). The van der Waals surface area contributed by atoms with Crippen molar-refractivity contribution in [1.82, 2.24) is 4.98 Å². The Kier molecular flexibility index (Phi) is 2.65. The van der Waals surface area contributed by atoms with Crippen molar-refractivity contribution in [3.05, 3.63) is 15.6 Å². The van der Waals surface area contributed by atoms with Crippen LogP contribution in [0.2, 0.25) is 0 Å². The van der Waals surface area contributed by atoms with Crippen LogP contribution in [0.4, 0.5) is 0 Å². The van der Waals surface area contributed by atoms with E-state index in [1.807, 2.05) is 11.3 Å². The van der Waals surface area contributed by atoms with Gasteiger partial charge >= 0.3 is 0 Å². The summed E-state index contributed by atoms with van der Waals surface area (Å²) in [6.07, 6.45) is 5.44. The summed E-state index contributed by atoms with van der Waals surface area (Å²) in [6, 6.07) is 0. The van der Waals surface area contributed by atoms with Crippen molar-refractivity contribution < 1.29 is 0 Å². The number of hydrogen-bond donors (Lipinski definition) is 1. The Hall–Kier alpha value is -0.410. The lowest BCUT2D eigenvalue weighted by atomic mass is 10.1. The van der Waals surface area contributed by atoms with Crippen LogP contribution >= 0.6 is 11.3 Å². The molecule has 1 saturated carbocycles. The molecule has 13 heavy (non-hydrogen) atoms. The van der Waals surface area contributed by atoms with Crippen molar-refractivity contribution in [3.8, 4) is 0 Å². The molecule has 1 fully saturated rings. The van der Waals surface area contributed by atoms with Crippen molar-refractivity contribution in [2.24, 2.45) is 5.73 Å². The second-order valence-corrected chi connectivity index (χ2v) is 4.96. The molecule has 0 bridgehead atoms. The Bertz CT molecular complexity index is 287. The number of hydrogen-bond acceptors (Lipinski definition) is 3. The summed E-state index contributed by atoms with van der Waals surface area (Å²) >= 11 is 1.85. The summed E-state index contributed by atoms with van der Waals surface area (Å²) in [5.41, 5.74) is 6.82. The number of thiazole rings is 1. The highest BCUT2D eigenvalue weighted by molar-refractivity contribution is 7.11. The maximum Gasteiger partial charge on any atom is 0.0900 e. The zero-order valence-electron chi connectivity index (χ0n) is 8.05. The Morgan fingerprint density at radius 2 is 2.15 bits per heavy atom. The number of aryl methyl sites for hydroxylation is 1. The Labute approximate surface area is 83.2 Å². The quantitative estimate of drug-likeness (QED) is 0.789. The smallest absolute Gasteiger partial charge is 0.0900 e. The lowest BCUT2D eigenvalue weighted by molar-refractivity contribution is 0.722. The molecular formula is C10H16N2S. The molecule has 3 heteroatoms. The first-order valence-electron chi connectivity index (χ1n) is 4.97. The third-order valence-electron chi connectivity index (χ3n) is 2.75. The van der Waals surface area contributed by atoms with Gasteiger partial charge in [-0.05, 0) is 25.7 Å². The van der Waals surface area contributed by atoms with Crippen LogP contribution in [0.5, 0.6) is 0 Å². The van der Waals surface area contributed by atoms with Gasteiger partial charge in [0, 0.05) is 11.4 Å². The van der Waals surface area contributed by atoms with Gasteiger partial charge in [-0.1, -0.05) is 12.8 Å². The lowest BCUT2D eigenvalue weighted by Gasteiger charge is -2.06. The molecule has 0 unspecified atom stereocenters. The van der Waals surface area contributed by atoms with Crippen LogP contribution in [0.15, 0.2) is 0 Å². The molecule has 1 aliphatic rings. The molecule has 2 nitrogen and oxygen atoms in total. The van der Waals surface area contributed by atoms with E-state index in [0.717, 1.165) is 11.6 Å². The predicted molar refractivity (Wildman–Crippen MR) is 56.0 cm³/mol. The molecule has 0 radical (unpaired) electrons. The van der Waals surface area contributed by atoms with Gasteiger partial charge in [-0.15, -0.1) is 11.3 Å². The second kappa shape index (κ2) is 3.76. The highest BCUT2D eigenvalue weighted by Crippen LogP contribution is 2.38. The fraction of sp³-hybridized carbons (Fsp3) is 0.700. The van der Waals surface area contributed by atoms with Crippen LogP contribution in [-0.2, 0) is 6.54 Å². The summed E-state index contributed by atoms with van der Waals surface area (Å²) in [7, 11) is 0. The number of nitrogens with zero attached hydrogens (tertiary/aromatic N) is 1. The van der Waals surface area contributed by atoms with Crippen LogP contribution in [0, 0.1) is 6.92 Å². The lowest BCUT2D eigenvalue weighted by Crippen LogP contribution is -2.02. The molecule has 1 aromatic rings. The standard InChI is InChI=1S/C10H16N2S/c1-7-12-9(6-11)10(13-7)8-4-2-3-5-8/h8H,2-6,11H2,1H3. The average molecular weight is 196 g/mol. The maximum atomic E-state index is 5.68. The molecule has 0 aliphatic heterocycles. The average Bonchev–Trinajstić information content (AvgIpc) is 2.71. The van der Waals surface area contributed by atoms with Crippen molar-refractivity contribution in [2.75, 3.05) is 0 Å². The first-order valence-corrected chi connectivity index (χ1v) is 5.79. The molecule has 0 atom stereocenters. The van der Waals surface area contributed by atoms with Crippen molar-refractivity contribution >= 4 is 11.3 Å². The van der Waals surface area contributed by atoms with Gasteiger partial charge in [0.05, 0.1) is 10.7 Å². The number of aromatic nitrogens is 1.